The van der Waals surface area contributed by atoms with Gasteiger partial charge >= 0.3 is 5.97 Å². The van der Waals surface area contributed by atoms with Crippen molar-refractivity contribution in [3.05, 3.63) is 102 Å². The minimum absolute atomic E-state index is 0.0361. The van der Waals surface area contributed by atoms with Gasteiger partial charge in [0.2, 0.25) is 0 Å². The van der Waals surface area contributed by atoms with Crippen molar-refractivity contribution in [1.82, 2.24) is 4.98 Å². The molecular formula is C23H21NO3. The number of carbonyl (C=O) groups excluding carboxylic acids is 1. The van der Waals surface area contributed by atoms with Crippen LogP contribution in [0.4, 0.5) is 0 Å². The van der Waals surface area contributed by atoms with Crippen LogP contribution >= 0.6 is 0 Å². The van der Waals surface area contributed by atoms with Gasteiger partial charge in [0.15, 0.2) is 0 Å². The van der Waals surface area contributed by atoms with Gasteiger partial charge in [-0.05, 0) is 47.5 Å². The highest BCUT2D eigenvalue weighted by molar-refractivity contribution is 5.69. The van der Waals surface area contributed by atoms with Gasteiger partial charge in [-0.3, -0.25) is 9.78 Å². The lowest BCUT2D eigenvalue weighted by Gasteiger charge is -2.18. The zero-order valence-corrected chi connectivity index (χ0v) is 15.2. The molecule has 136 valence electrons. The second kappa shape index (κ2) is 8.81. The SMILES string of the molecule is C=CCOc1ccc(C(c2ccc(OC(C)=O)cc2)c2ccccn2)cc1. The molecule has 1 heterocycles. The molecule has 0 saturated carbocycles. The zero-order valence-electron chi connectivity index (χ0n) is 15.2. The third-order valence-corrected chi connectivity index (χ3v) is 4.04. The van der Waals surface area contributed by atoms with E-state index >= 15 is 0 Å². The topological polar surface area (TPSA) is 48.4 Å². The van der Waals surface area contributed by atoms with Crippen LogP contribution in [0.2, 0.25) is 0 Å². The van der Waals surface area contributed by atoms with E-state index in [-0.39, 0.29) is 11.9 Å². The fourth-order valence-electron chi connectivity index (χ4n) is 2.89. The molecule has 0 bridgehead atoms. The van der Waals surface area contributed by atoms with Crippen molar-refractivity contribution in [2.24, 2.45) is 0 Å². The number of hydrogen-bond acceptors (Lipinski definition) is 4. The maximum absolute atomic E-state index is 11.1. The summed E-state index contributed by atoms with van der Waals surface area (Å²) in [4.78, 5) is 15.7. The van der Waals surface area contributed by atoms with E-state index in [0.29, 0.717) is 12.4 Å². The van der Waals surface area contributed by atoms with Gasteiger partial charge in [0, 0.05) is 13.1 Å². The lowest BCUT2D eigenvalue weighted by atomic mass is 9.88. The average Bonchev–Trinajstić information content (AvgIpc) is 2.69. The Balaban J connectivity index is 1.94. The van der Waals surface area contributed by atoms with E-state index in [9.17, 15) is 4.79 Å². The molecular weight excluding hydrogens is 338 g/mol. The average molecular weight is 359 g/mol. The maximum Gasteiger partial charge on any atom is 0.308 e. The highest BCUT2D eigenvalue weighted by Gasteiger charge is 2.18. The van der Waals surface area contributed by atoms with Crippen molar-refractivity contribution in [2.75, 3.05) is 6.61 Å². The van der Waals surface area contributed by atoms with E-state index in [1.54, 1.807) is 24.4 Å². The highest BCUT2D eigenvalue weighted by atomic mass is 16.5. The fraction of sp³-hybridized carbons (Fsp3) is 0.130. The Morgan fingerprint density at radius 3 is 2.15 bits per heavy atom. The monoisotopic (exact) mass is 359 g/mol. The van der Waals surface area contributed by atoms with Crippen molar-refractivity contribution in [1.29, 1.82) is 0 Å². The molecule has 4 nitrogen and oxygen atoms in total. The number of rotatable bonds is 7. The summed E-state index contributed by atoms with van der Waals surface area (Å²) in [5, 5.41) is 0. The fourth-order valence-corrected chi connectivity index (χ4v) is 2.89. The van der Waals surface area contributed by atoms with Gasteiger partial charge in [-0.2, -0.15) is 0 Å². The van der Waals surface area contributed by atoms with E-state index in [1.807, 2.05) is 54.6 Å². The largest absolute Gasteiger partial charge is 0.490 e. The van der Waals surface area contributed by atoms with Crippen molar-refractivity contribution < 1.29 is 14.3 Å². The molecule has 27 heavy (non-hydrogen) atoms. The first kappa shape index (κ1) is 18.4. The van der Waals surface area contributed by atoms with Crippen LogP contribution in [-0.2, 0) is 4.79 Å². The third kappa shape index (κ3) is 4.82. The van der Waals surface area contributed by atoms with E-state index in [4.69, 9.17) is 9.47 Å². The van der Waals surface area contributed by atoms with E-state index in [1.165, 1.54) is 6.92 Å². The summed E-state index contributed by atoms with van der Waals surface area (Å²) < 4.78 is 10.7. The summed E-state index contributed by atoms with van der Waals surface area (Å²) in [5.74, 6) is 0.952. The number of benzene rings is 2. The first-order valence-corrected chi connectivity index (χ1v) is 8.70. The minimum atomic E-state index is -0.334. The van der Waals surface area contributed by atoms with Gasteiger partial charge in [0.05, 0.1) is 11.6 Å². The summed E-state index contributed by atoms with van der Waals surface area (Å²) >= 11 is 0. The predicted octanol–water partition coefficient (Wildman–Crippen LogP) is 4.75. The Bertz CT molecular complexity index is 887. The summed E-state index contributed by atoms with van der Waals surface area (Å²) in [6, 6.07) is 21.4. The first-order valence-electron chi connectivity index (χ1n) is 8.70. The summed E-state index contributed by atoms with van der Waals surface area (Å²) in [6.07, 6.45) is 3.51. The lowest BCUT2D eigenvalue weighted by Crippen LogP contribution is -2.06. The van der Waals surface area contributed by atoms with E-state index in [0.717, 1.165) is 22.6 Å². The number of nitrogens with zero attached hydrogens (tertiary/aromatic N) is 1. The van der Waals surface area contributed by atoms with Crippen LogP contribution < -0.4 is 9.47 Å². The Kier molecular flexibility index (Phi) is 6.00. The van der Waals surface area contributed by atoms with Gasteiger partial charge in [0.1, 0.15) is 18.1 Å². The number of aromatic nitrogens is 1. The van der Waals surface area contributed by atoms with Gasteiger partial charge in [-0.15, -0.1) is 0 Å². The van der Waals surface area contributed by atoms with Crippen LogP contribution in [0.25, 0.3) is 0 Å². The molecule has 0 aliphatic carbocycles. The number of pyridine rings is 1. The predicted molar refractivity (Wildman–Crippen MR) is 105 cm³/mol. The second-order valence-corrected chi connectivity index (χ2v) is 6.02. The Hall–Kier alpha value is -3.40. The van der Waals surface area contributed by atoms with Crippen LogP contribution in [-0.4, -0.2) is 17.6 Å². The van der Waals surface area contributed by atoms with Crippen molar-refractivity contribution >= 4 is 5.97 Å². The van der Waals surface area contributed by atoms with E-state index < -0.39 is 0 Å². The standard InChI is InChI=1S/C23H21NO3/c1-3-16-26-20-11-7-18(8-12-20)23(22-6-4-5-15-24-22)19-9-13-21(14-10-19)27-17(2)25/h3-15,23H,1,16H2,2H3. The first-order chi connectivity index (χ1) is 13.2. The zero-order chi connectivity index (χ0) is 19.1. The van der Waals surface area contributed by atoms with Crippen LogP contribution in [0, 0.1) is 0 Å². The molecule has 0 aliphatic rings. The molecule has 2 aromatic carbocycles. The van der Waals surface area contributed by atoms with Crippen molar-refractivity contribution in [3.8, 4) is 11.5 Å². The van der Waals surface area contributed by atoms with Gasteiger partial charge in [0.25, 0.3) is 0 Å². The van der Waals surface area contributed by atoms with Crippen LogP contribution in [0.5, 0.6) is 11.5 Å². The summed E-state index contributed by atoms with van der Waals surface area (Å²) in [6.45, 7) is 5.52. The highest BCUT2D eigenvalue weighted by Crippen LogP contribution is 2.32. The molecule has 3 aromatic rings. The number of carbonyl (C=O) groups is 1. The molecule has 1 unspecified atom stereocenters. The quantitative estimate of drug-likeness (QED) is 0.347. The number of hydrogen-bond donors (Lipinski definition) is 0. The third-order valence-electron chi connectivity index (χ3n) is 4.04. The Morgan fingerprint density at radius 2 is 1.63 bits per heavy atom. The van der Waals surface area contributed by atoms with Crippen LogP contribution in [0.15, 0.2) is 85.6 Å². The number of ether oxygens (including phenoxy) is 2. The molecule has 4 heteroatoms. The lowest BCUT2D eigenvalue weighted by molar-refractivity contribution is -0.131. The van der Waals surface area contributed by atoms with Gasteiger partial charge in [-0.1, -0.05) is 43.0 Å². The van der Waals surface area contributed by atoms with Crippen LogP contribution in [0.3, 0.4) is 0 Å². The Morgan fingerprint density at radius 1 is 1.00 bits per heavy atom. The Labute approximate surface area is 159 Å². The van der Waals surface area contributed by atoms with Crippen molar-refractivity contribution in [3.63, 3.8) is 0 Å². The van der Waals surface area contributed by atoms with Gasteiger partial charge in [-0.25, -0.2) is 0 Å². The molecule has 0 radical (unpaired) electrons. The molecule has 0 amide bonds. The van der Waals surface area contributed by atoms with Gasteiger partial charge < -0.3 is 9.47 Å². The molecule has 0 N–H and O–H groups in total. The molecule has 0 aliphatic heterocycles. The molecule has 3 rings (SSSR count). The van der Waals surface area contributed by atoms with Crippen molar-refractivity contribution in [2.45, 2.75) is 12.8 Å². The maximum atomic E-state index is 11.1. The second-order valence-electron chi connectivity index (χ2n) is 6.02. The molecule has 1 aromatic heterocycles. The molecule has 0 fully saturated rings. The summed E-state index contributed by atoms with van der Waals surface area (Å²) in [7, 11) is 0. The minimum Gasteiger partial charge on any atom is -0.490 e. The summed E-state index contributed by atoms with van der Waals surface area (Å²) in [5.41, 5.74) is 3.10. The van der Waals surface area contributed by atoms with Crippen LogP contribution in [0.1, 0.15) is 29.7 Å². The smallest absolute Gasteiger partial charge is 0.308 e. The van der Waals surface area contributed by atoms with E-state index in [2.05, 4.69) is 11.6 Å². The molecule has 0 saturated heterocycles. The molecule has 1 atom stereocenters. The normalized spacial score (nSPS) is 11.4. The number of esters is 1. The molecule has 0 spiro atoms.